The molecule has 0 aliphatic rings. The van der Waals surface area contributed by atoms with Gasteiger partial charge in [0.2, 0.25) is 11.2 Å². The average molecular weight is 412 g/mol. The molecule has 4 aromatic carbocycles. The SMILES string of the molecule is O=c1c(Oc2ccc3ccccc3c2)coc2cc(OCc3ccccc3F)ccc12. The highest BCUT2D eigenvalue weighted by atomic mass is 19.1. The number of halogens is 1. The van der Waals surface area contributed by atoms with Gasteiger partial charge < -0.3 is 13.9 Å². The second-order valence-corrected chi connectivity index (χ2v) is 7.08. The highest BCUT2D eigenvalue weighted by Crippen LogP contribution is 2.27. The summed E-state index contributed by atoms with van der Waals surface area (Å²) in [7, 11) is 0. The fourth-order valence-corrected chi connectivity index (χ4v) is 3.39. The maximum Gasteiger partial charge on any atom is 0.235 e. The molecule has 152 valence electrons. The van der Waals surface area contributed by atoms with E-state index >= 15 is 0 Å². The van der Waals surface area contributed by atoms with E-state index in [0.29, 0.717) is 28.0 Å². The van der Waals surface area contributed by atoms with Crippen LogP contribution in [0.25, 0.3) is 21.7 Å². The van der Waals surface area contributed by atoms with Gasteiger partial charge in [-0.25, -0.2) is 4.39 Å². The van der Waals surface area contributed by atoms with E-state index in [1.165, 1.54) is 12.3 Å². The molecule has 0 unspecified atom stereocenters. The standard InChI is InChI=1S/C26H17FO4/c27-23-8-4-3-7-19(23)15-29-20-11-12-22-24(14-20)30-16-25(26(22)28)31-21-10-9-17-5-1-2-6-18(17)13-21/h1-14,16H,15H2. The zero-order chi connectivity index (χ0) is 21.2. The quantitative estimate of drug-likeness (QED) is 0.333. The average Bonchev–Trinajstić information content (AvgIpc) is 2.80. The molecule has 0 atom stereocenters. The second-order valence-electron chi connectivity index (χ2n) is 7.08. The Balaban J connectivity index is 1.39. The monoisotopic (exact) mass is 412 g/mol. The Bertz CT molecular complexity index is 1460. The molecule has 0 bridgehead atoms. The van der Waals surface area contributed by atoms with E-state index in [9.17, 15) is 9.18 Å². The van der Waals surface area contributed by atoms with Crippen LogP contribution in [-0.2, 0) is 6.61 Å². The molecule has 31 heavy (non-hydrogen) atoms. The van der Waals surface area contributed by atoms with Gasteiger partial charge in [0.05, 0.1) is 5.39 Å². The van der Waals surface area contributed by atoms with Gasteiger partial charge in [0, 0.05) is 11.6 Å². The molecule has 0 amide bonds. The molecule has 5 aromatic rings. The Morgan fingerprint density at radius 2 is 1.58 bits per heavy atom. The Kier molecular flexibility index (Phi) is 4.84. The molecule has 5 rings (SSSR count). The lowest BCUT2D eigenvalue weighted by molar-refractivity contribution is 0.300. The molecule has 0 N–H and O–H groups in total. The highest BCUT2D eigenvalue weighted by Gasteiger charge is 2.11. The van der Waals surface area contributed by atoms with Gasteiger partial charge in [-0.3, -0.25) is 4.79 Å². The van der Waals surface area contributed by atoms with Crippen molar-refractivity contribution in [1.29, 1.82) is 0 Å². The van der Waals surface area contributed by atoms with E-state index in [-0.39, 0.29) is 23.6 Å². The highest BCUT2D eigenvalue weighted by molar-refractivity contribution is 5.84. The van der Waals surface area contributed by atoms with Crippen LogP contribution in [0.5, 0.6) is 17.2 Å². The van der Waals surface area contributed by atoms with Crippen LogP contribution in [0.15, 0.2) is 100 Å². The smallest absolute Gasteiger partial charge is 0.235 e. The van der Waals surface area contributed by atoms with Crippen molar-refractivity contribution < 1.29 is 18.3 Å². The van der Waals surface area contributed by atoms with Gasteiger partial charge in [-0.15, -0.1) is 0 Å². The van der Waals surface area contributed by atoms with Crippen LogP contribution >= 0.6 is 0 Å². The maximum atomic E-state index is 13.8. The summed E-state index contributed by atoms with van der Waals surface area (Å²) in [6.45, 7) is 0.0750. The van der Waals surface area contributed by atoms with Crippen LogP contribution in [0.4, 0.5) is 4.39 Å². The molecule has 0 saturated carbocycles. The van der Waals surface area contributed by atoms with Crippen LogP contribution < -0.4 is 14.9 Å². The molecule has 0 aliphatic heterocycles. The molecule has 0 spiro atoms. The molecule has 0 fully saturated rings. The molecular weight excluding hydrogens is 395 g/mol. The zero-order valence-electron chi connectivity index (χ0n) is 16.4. The van der Waals surface area contributed by atoms with Crippen LogP contribution in [0.3, 0.4) is 0 Å². The minimum atomic E-state index is -0.328. The summed E-state index contributed by atoms with van der Waals surface area (Å²) in [4.78, 5) is 12.9. The molecule has 0 saturated heterocycles. The van der Waals surface area contributed by atoms with Crippen LogP contribution in [0, 0.1) is 5.82 Å². The van der Waals surface area contributed by atoms with E-state index < -0.39 is 0 Å². The number of rotatable bonds is 5. The van der Waals surface area contributed by atoms with Gasteiger partial charge in [0.15, 0.2) is 0 Å². The third-order valence-corrected chi connectivity index (χ3v) is 5.02. The summed E-state index contributed by atoms with van der Waals surface area (Å²) in [5.41, 5.74) is 0.528. The van der Waals surface area contributed by atoms with Crippen molar-refractivity contribution in [3.63, 3.8) is 0 Å². The van der Waals surface area contributed by atoms with Crippen molar-refractivity contribution in [2.24, 2.45) is 0 Å². The van der Waals surface area contributed by atoms with Gasteiger partial charge in [-0.05, 0) is 41.1 Å². The molecule has 4 nitrogen and oxygen atoms in total. The topological polar surface area (TPSA) is 48.7 Å². The molecule has 0 radical (unpaired) electrons. The summed E-state index contributed by atoms with van der Waals surface area (Å²) in [6, 6.07) is 24.8. The predicted octanol–water partition coefficient (Wildman–Crippen LogP) is 6.46. The number of hydrogen-bond acceptors (Lipinski definition) is 4. The lowest BCUT2D eigenvalue weighted by Crippen LogP contribution is -2.05. The van der Waals surface area contributed by atoms with E-state index in [4.69, 9.17) is 13.9 Å². The van der Waals surface area contributed by atoms with E-state index in [0.717, 1.165) is 10.8 Å². The number of benzene rings is 4. The normalized spacial score (nSPS) is 11.0. The summed E-state index contributed by atoms with van der Waals surface area (Å²) in [5.74, 6) is 0.797. The van der Waals surface area contributed by atoms with E-state index in [1.54, 1.807) is 36.4 Å². The number of ether oxygens (including phenoxy) is 2. The Morgan fingerprint density at radius 3 is 2.45 bits per heavy atom. The number of fused-ring (bicyclic) bond motifs is 2. The minimum absolute atomic E-state index is 0.0750. The lowest BCUT2D eigenvalue weighted by Gasteiger charge is -2.09. The molecule has 1 heterocycles. The van der Waals surface area contributed by atoms with Crippen LogP contribution in [0.2, 0.25) is 0 Å². The largest absolute Gasteiger partial charge is 0.489 e. The van der Waals surface area contributed by atoms with Gasteiger partial charge >= 0.3 is 0 Å². The maximum absolute atomic E-state index is 13.8. The second kappa shape index (κ2) is 7.95. The summed E-state index contributed by atoms with van der Waals surface area (Å²) >= 11 is 0. The van der Waals surface area contributed by atoms with E-state index in [1.807, 2.05) is 42.5 Å². The first kappa shape index (κ1) is 18.9. The van der Waals surface area contributed by atoms with Crippen molar-refractivity contribution in [3.8, 4) is 17.2 Å². The Morgan fingerprint density at radius 1 is 0.806 bits per heavy atom. The van der Waals surface area contributed by atoms with Gasteiger partial charge in [-0.2, -0.15) is 0 Å². The fourth-order valence-electron chi connectivity index (χ4n) is 3.39. The summed E-state index contributed by atoms with van der Waals surface area (Å²) < 4.78 is 30.8. The van der Waals surface area contributed by atoms with E-state index in [2.05, 4.69) is 0 Å². The number of hydrogen-bond donors (Lipinski definition) is 0. The van der Waals surface area contributed by atoms with Crippen molar-refractivity contribution in [2.45, 2.75) is 6.61 Å². The fraction of sp³-hybridized carbons (Fsp3) is 0.0385. The molecular formula is C26H17FO4. The third-order valence-electron chi connectivity index (χ3n) is 5.02. The minimum Gasteiger partial charge on any atom is -0.489 e. The first-order valence-corrected chi connectivity index (χ1v) is 9.76. The van der Waals surface area contributed by atoms with Crippen LogP contribution in [0.1, 0.15) is 5.56 Å². The first-order chi connectivity index (χ1) is 15.2. The van der Waals surface area contributed by atoms with Gasteiger partial charge in [0.25, 0.3) is 0 Å². The third kappa shape index (κ3) is 3.85. The summed E-state index contributed by atoms with van der Waals surface area (Å²) in [6.07, 6.45) is 1.29. The predicted molar refractivity (Wildman–Crippen MR) is 117 cm³/mol. The first-order valence-electron chi connectivity index (χ1n) is 9.76. The molecule has 5 heteroatoms. The molecule has 0 aliphatic carbocycles. The Hall–Kier alpha value is -4.12. The zero-order valence-corrected chi connectivity index (χ0v) is 16.4. The Labute approximate surface area is 177 Å². The van der Waals surface area contributed by atoms with Crippen molar-refractivity contribution in [1.82, 2.24) is 0 Å². The summed E-state index contributed by atoms with van der Waals surface area (Å²) in [5, 5.41) is 2.47. The van der Waals surface area contributed by atoms with Gasteiger partial charge in [0.1, 0.15) is 35.8 Å². The van der Waals surface area contributed by atoms with Gasteiger partial charge in [-0.1, -0.05) is 48.5 Å². The van der Waals surface area contributed by atoms with Crippen molar-refractivity contribution in [3.05, 3.63) is 113 Å². The van der Waals surface area contributed by atoms with Crippen molar-refractivity contribution in [2.75, 3.05) is 0 Å². The van der Waals surface area contributed by atoms with Crippen molar-refractivity contribution >= 4 is 21.7 Å². The lowest BCUT2D eigenvalue weighted by atomic mass is 10.1. The van der Waals surface area contributed by atoms with Crippen LogP contribution in [-0.4, -0.2) is 0 Å². The molecule has 1 aromatic heterocycles.